The number of carbonyl (C=O) groups excluding carboxylic acids is 5. The standard InChI is InChI=1S/C39H53N3O11S/c1-9-10-11-12-13-16-21-54(48,49)42-27(23-50-30-18-15-14-17-29(30)42)24-51-35(45)26-19-20-28(31(22-26)52-25(2)3)40-34(44)32(33(43)38(4,5)6)41-36(46)39(7,8)53-37(41)47/h14-15,17-20,22,25,27,32H,9-13,16,21,23-24H2,1-8H3,(H,40,44). The average molecular weight is 772 g/mol. The minimum Gasteiger partial charge on any atom is -0.489 e. The van der Waals surface area contributed by atoms with Gasteiger partial charge in [0.15, 0.2) is 17.4 Å². The molecule has 2 aromatic rings. The van der Waals surface area contributed by atoms with Crippen molar-refractivity contribution in [3.05, 3.63) is 48.0 Å². The van der Waals surface area contributed by atoms with Crippen LogP contribution in [-0.2, 0) is 33.9 Å². The van der Waals surface area contributed by atoms with E-state index in [0.717, 1.165) is 32.1 Å². The number of nitrogens with one attached hydrogen (secondary N) is 1. The molecule has 2 unspecified atom stereocenters. The van der Waals surface area contributed by atoms with Crippen molar-refractivity contribution in [3.8, 4) is 11.5 Å². The Morgan fingerprint density at radius 2 is 1.67 bits per heavy atom. The summed E-state index contributed by atoms with van der Waals surface area (Å²) in [6.07, 6.45) is 3.94. The summed E-state index contributed by atoms with van der Waals surface area (Å²) in [5.41, 5.74) is -2.25. The number of carbonyl (C=O) groups is 5. The molecule has 1 fully saturated rings. The molecule has 296 valence electrons. The number of nitrogens with zero attached hydrogens (tertiary/aromatic N) is 2. The topological polar surface area (TPSA) is 175 Å². The fourth-order valence-electron chi connectivity index (χ4n) is 6.10. The molecule has 2 aromatic carbocycles. The predicted octanol–water partition coefficient (Wildman–Crippen LogP) is 6.27. The van der Waals surface area contributed by atoms with Gasteiger partial charge in [-0.05, 0) is 64.4 Å². The van der Waals surface area contributed by atoms with Gasteiger partial charge >= 0.3 is 12.1 Å². The molecule has 14 nitrogen and oxygen atoms in total. The van der Waals surface area contributed by atoms with E-state index in [1.807, 2.05) is 0 Å². The maximum absolute atomic E-state index is 13.8. The van der Waals surface area contributed by atoms with Crippen molar-refractivity contribution in [3.63, 3.8) is 0 Å². The van der Waals surface area contributed by atoms with Gasteiger partial charge in [0.25, 0.3) is 11.8 Å². The summed E-state index contributed by atoms with van der Waals surface area (Å²) in [6, 6.07) is 8.22. The number of ketones is 1. The molecule has 0 saturated carbocycles. The molecule has 2 heterocycles. The first kappa shape index (κ1) is 42.1. The first-order valence-electron chi connectivity index (χ1n) is 18.4. The number of hydrogen-bond acceptors (Lipinski definition) is 11. The Labute approximate surface area is 317 Å². The van der Waals surface area contributed by atoms with E-state index in [2.05, 4.69) is 12.2 Å². The maximum Gasteiger partial charge on any atom is 0.418 e. The quantitative estimate of drug-likeness (QED) is 0.109. The van der Waals surface area contributed by atoms with Crippen molar-refractivity contribution in [2.75, 3.05) is 28.6 Å². The van der Waals surface area contributed by atoms with Crippen LogP contribution in [0.4, 0.5) is 16.2 Å². The van der Waals surface area contributed by atoms with Crippen molar-refractivity contribution in [2.45, 2.75) is 118 Å². The maximum atomic E-state index is 13.8. The molecule has 1 N–H and O–H groups in total. The molecular weight excluding hydrogens is 719 g/mol. The molecule has 4 rings (SSSR count). The van der Waals surface area contributed by atoms with E-state index in [1.165, 1.54) is 36.4 Å². The van der Waals surface area contributed by atoms with E-state index in [4.69, 9.17) is 18.9 Å². The number of para-hydroxylation sites is 2. The number of ether oxygens (including phenoxy) is 4. The van der Waals surface area contributed by atoms with E-state index in [0.29, 0.717) is 22.8 Å². The summed E-state index contributed by atoms with van der Waals surface area (Å²) >= 11 is 0. The number of imide groups is 1. The lowest BCUT2D eigenvalue weighted by molar-refractivity contribution is -0.145. The van der Waals surface area contributed by atoms with Gasteiger partial charge in [0.2, 0.25) is 10.0 Å². The SMILES string of the molecule is CCCCCCCCS(=O)(=O)N1c2ccccc2OCC1COC(=O)c1ccc(NC(=O)C(C(=O)C(C)(C)C)N2C(=O)OC(C)(C)C2=O)c(OC(C)C)c1. The fourth-order valence-corrected chi connectivity index (χ4v) is 7.89. The number of rotatable bonds is 17. The Morgan fingerprint density at radius 1 is 1.00 bits per heavy atom. The highest BCUT2D eigenvalue weighted by Crippen LogP contribution is 2.37. The zero-order valence-electron chi connectivity index (χ0n) is 32.4. The summed E-state index contributed by atoms with van der Waals surface area (Å²) in [7, 11) is -3.81. The summed E-state index contributed by atoms with van der Waals surface area (Å²) in [6.45, 7) is 12.6. The monoisotopic (exact) mass is 771 g/mol. The third kappa shape index (κ3) is 9.90. The summed E-state index contributed by atoms with van der Waals surface area (Å²) < 4.78 is 51.4. The van der Waals surface area contributed by atoms with E-state index in [-0.39, 0.29) is 36.0 Å². The highest BCUT2D eigenvalue weighted by atomic mass is 32.2. The van der Waals surface area contributed by atoms with Crippen LogP contribution in [-0.4, -0.2) is 85.7 Å². The second-order valence-corrected chi connectivity index (χ2v) is 17.3. The fraction of sp³-hybridized carbons (Fsp3) is 0.564. The van der Waals surface area contributed by atoms with Crippen molar-refractivity contribution >= 4 is 51.1 Å². The zero-order valence-corrected chi connectivity index (χ0v) is 33.2. The van der Waals surface area contributed by atoms with Gasteiger partial charge in [-0.1, -0.05) is 71.9 Å². The second-order valence-electron chi connectivity index (χ2n) is 15.3. The van der Waals surface area contributed by atoms with Crippen LogP contribution in [0.3, 0.4) is 0 Å². The van der Waals surface area contributed by atoms with Crippen LogP contribution in [0.5, 0.6) is 11.5 Å². The molecule has 0 spiro atoms. The third-order valence-electron chi connectivity index (χ3n) is 8.93. The van der Waals surface area contributed by atoms with E-state index in [1.54, 1.807) is 58.9 Å². The number of anilines is 2. The van der Waals surface area contributed by atoms with Gasteiger partial charge < -0.3 is 24.3 Å². The molecule has 0 aromatic heterocycles. The predicted molar refractivity (Wildman–Crippen MR) is 202 cm³/mol. The first-order valence-corrected chi connectivity index (χ1v) is 20.0. The van der Waals surface area contributed by atoms with Crippen LogP contribution in [0, 0.1) is 5.41 Å². The summed E-state index contributed by atoms with van der Waals surface area (Å²) in [5, 5.41) is 2.60. The second kappa shape index (κ2) is 17.2. The molecule has 2 aliphatic heterocycles. The Balaban J connectivity index is 1.55. The largest absolute Gasteiger partial charge is 0.489 e. The van der Waals surface area contributed by atoms with Gasteiger partial charge in [-0.3, -0.25) is 18.7 Å². The highest BCUT2D eigenvalue weighted by Gasteiger charge is 2.55. The number of esters is 1. The van der Waals surface area contributed by atoms with E-state index < -0.39 is 68.9 Å². The minimum absolute atomic E-state index is 0.0321. The van der Waals surface area contributed by atoms with Crippen molar-refractivity contribution in [1.82, 2.24) is 4.90 Å². The highest BCUT2D eigenvalue weighted by molar-refractivity contribution is 7.92. The summed E-state index contributed by atoms with van der Waals surface area (Å²) in [5.74, 6) is -2.92. The first-order chi connectivity index (χ1) is 25.3. The van der Waals surface area contributed by atoms with Gasteiger partial charge in [0.05, 0.1) is 28.8 Å². The molecule has 2 aliphatic rings. The number of sulfonamides is 1. The number of unbranched alkanes of at least 4 members (excludes halogenated alkanes) is 5. The Morgan fingerprint density at radius 3 is 2.30 bits per heavy atom. The number of cyclic esters (lactones) is 1. The Hall–Kier alpha value is -4.66. The van der Waals surface area contributed by atoms with Crippen LogP contribution in [0.25, 0.3) is 0 Å². The molecule has 1 saturated heterocycles. The number of amides is 3. The molecule has 0 bridgehead atoms. The lowest BCUT2D eigenvalue weighted by Gasteiger charge is -2.37. The lowest BCUT2D eigenvalue weighted by atomic mass is 9.85. The number of Topliss-reactive ketones (excluding diaryl/α,β-unsaturated/α-hetero) is 1. The molecule has 54 heavy (non-hydrogen) atoms. The van der Waals surface area contributed by atoms with Crippen LogP contribution in [0.1, 0.15) is 104 Å². The summed E-state index contributed by atoms with van der Waals surface area (Å²) in [4.78, 5) is 67.3. The van der Waals surface area contributed by atoms with Crippen molar-refractivity contribution < 1.29 is 51.3 Å². The molecule has 2 atom stereocenters. The molecular formula is C39H53N3O11S. The van der Waals surface area contributed by atoms with Crippen molar-refractivity contribution in [1.29, 1.82) is 0 Å². The number of benzene rings is 2. The number of hydrogen-bond donors (Lipinski definition) is 1. The number of fused-ring (bicyclic) bond motifs is 1. The smallest absolute Gasteiger partial charge is 0.418 e. The van der Waals surface area contributed by atoms with Gasteiger partial charge in [-0.25, -0.2) is 22.9 Å². The molecule has 0 aliphatic carbocycles. The Bertz CT molecular complexity index is 1830. The van der Waals surface area contributed by atoms with Crippen LogP contribution in [0.2, 0.25) is 0 Å². The average Bonchev–Trinajstić information content (AvgIpc) is 3.29. The Kier molecular flexibility index (Phi) is 13.4. The van der Waals surface area contributed by atoms with Gasteiger partial charge in [0.1, 0.15) is 30.8 Å². The van der Waals surface area contributed by atoms with Gasteiger partial charge in [0, 0.05) is 5.41 Å². The molecule has 15 heteroatoms. The van der Waals surface area contributed by atoms with Crippen LogP contribution >= 0.6 is 0 Å². The van der Waals surface area contributed by atoms with Crippen LogP contribution in [0.15, 0.2) is 42.5 Å². The van der Waals surface area contributed by atoms with Crippen LogP contribution < -0.4 is 19.1 Å². The normalized spacial score (nSPS) is 17.4. The van der Waals surface area contributed by atoms with E-state index >= 15 is 0 Å². The molecule has 0 radical (unpaired) electrons. The van der Waals surface area contributed by atoms with Crippen molar-refractivity contribution in [2.24, 2.45) is 5.41 Å². The lowest BCUT2D eigenvalue weighted by Crippen LogP contribution is -2.55. The third-order valence-corrected chi connectivity index (χ3v) is 10.8. The molecule has 3 amide bonds. The zero-order chi connectivity index (χ0) is 40.0. The van der Waals surface area contributed by atoms with Gasteiger partial charge in [-0.15, -0.1) is 0 Å². The van der Waals surface area contributed by atoms with Gasteiger partial charge in [-0.2, -0.15) is 0 Å². The minimum atomic E-state index is -3.81. The van der Waals surface area contributed by atoms with E-state index in [9.17, 15) is 32.4 Å².